The van der Waals surface area contributed by atoms with Crippen LogP contribution in [0.1, 0.15) is 17.5 Å². The van der Waals surface area contributed by atoms with Gasteiger partial charge in [-0.1, -0.05) is 36.4 Å². The van der Waals surface area contributed by atoms with E-state index in [1.807, 2.05) is 19.1 Å². The first-order valence-electron chi connectivity index (χ1n) is 5.77. The van der Waals surface area contributed by atoms with E-state index in [9.17, 15) is 14.0 Å². The van der Waals surface area contributed by atoms with Crippen LogP contribution in [-0.2, 0) is 9.59 Å². The number of hydrogen-bond donors (Lipinski definition) is 2. The van der Waals surface area contributed by atoms with E-state index in [-0.39, 0.29) is 0 Å². The summed E-state index contributed by atoms with van der Waals surface area (Å²) in [5, 5.41) is 11.4. The highest BCUT2D eigenvalue weighted by Crippen LogP contribution is 2.12. The van der Waals surface area contributed by atoms with Gasteiger partial charge in [-0.15, -0.1) is 0 Å². The Morgan fingerprint density at radius 2 is 1.95 bits per heavy atom. The van der Waals surface area contributed by atoms with Gasteiger partial charge in [0.05, 0.1) is 12.5 Å². The SMILES string of the molecule is C=C(NC(CC(=O)O)C(=O)CF)c1ccc(C)cc1. The van der Waals surface area contributed by atoms with Gasteiger partial charge in [-0.05, 0) is 12.5 Å². The second-order valence-electron chi connectivity index (χ2n) is 4.24. The first-order chi connectivity index (χ1) is 8.93. The number of benzene rings is 1. The number of carbonyl (C=O) groups is 2. The van der Waals surface area contributed by atoms with Crippen LogP contribution in [-0.4, -0.2) is 29.6 Å². The highest BCUT2D eigenvalue weighted by Gasteiger charge is 2.21. The standard InChI is InChI=1S/C14H16FNO3/c1-9-3-5-11(6-4-9)10(2)16-12(7-14(18)19)13(17)8-15/h3-6,12,16H,2,7-8H2,1H3,(H,18,19). The van der Waals surface area contributed by atoms with E-state index in [4.69, 9.17) is 5.11 Å². The monoisotopic (exact) mass is 265 g/mol. The summed E-state index contributed by atoms with van der Waals surface area (Å²) in [5.41, 5.74) is 2.19. The van der Waals surface area contributed by atoms with Crippen molar-refractivity contribution in [2.45, 2.75) is 19.4 Å². The molecule has 102 valence electrons. The molecule has 1 atom stereocenters. The van der Waals surface area contributed by atoms with E-state index in [0.717, 1.165) is 11.1 Å². The molecule has 0 aliphatic heterocycles. The van der Waals surface area contributed by atoms with E-state index >= 15 is 0 Å². The highest BCUT2D eigenvalue weighted by atomic mass is 19.1. The minimum atomic E-state index is -1.20. The lowest BCUT2D eigenvalue weighted by atomic mass is 10.1. The Kier molecular flexibility index (Phi) is 5.23. The largest absolute Gasteiger partial charge is 0.481 e. The number of rotatable bonds is 7. The molecule has 0 saturated heterocycles. The molecule has 0 radical (unpaired) electrons. The fourth-order valence-corrected chi connectivity index (χ4v) is 1.56. The number of Topliss-reactive ketones (excluding diaryl/α,β-unsaturated/α-hetero) is 1. The summed E-state index contributed by atoms with van der Waals surface area (Å²) in [4.78, 5) is 22.0. The molecule has 0 aliphatic rings. The predicted molar refractivity (Wildman–Crippen MR) is 70.4 cm³/mol. The van der Waals surface area contributed by atoms with Gasteiger partial charge in [0.2, 0.25) is 0 Å². The number of aryl methyl sites for hydroxylation is 1. The predicted octanol–water partition coefficient (Wildman–Crippen LogP) is 1.94. The molecule has 0 amide bonds. The van der Waals surface area contributed by atoms with Crippen LogP contribution >= 0.6 is 0 Å². The maximum Gasteiger partial charge on any atom is 0.305 e. The molecule has 19 heavy (non-hydrogen) atoms. The van der Waals surface area contributed by atoms with Crippen LogP contribution in [0, 0.1) is 6.92 Å². The van der Waals surface area contributed by atoms with Crippen molar-refractivity contribution in [3.05, 3.63) is 42.0 Å². The molecule has 0 heterocycles. The van der Waals surface area contributed by atoms with Crippen molar-refractivity contribution in [2.75, 3.05) is 6.67 Å². The average Bonchev–Trinajstić information content (AvgIpc) is 2.37. The van der Waals surface area contributed by atoms with Crippen molar-refractivity contribution >= 4 is 17.4 Å². The van der Waals surface area contributed by atoms with Crippen molar-refractivity contribution in [1.82, 2.24) is 5.32 Å². The number of nitrogens with one attached hydrogen (secondary N) is 1. The molecule has 0 saturated carbocycles. The summed E-state index contributed by atoms with van der Waals surface area (Å²) >= 11 is 0. The summed E-state index contributed by atoms with van der Waals surface area (Å²) in [5.74, 6) is -1.97. The van der Waals surface area contributed by atoms with Gasteiger partial charge in [0.25, 0.3) is 0 Å². The van der Waals surface area contributed by atoms with Crippen LogP contribution in [0.25, 0.3) is 5.70 Å². The highest BCUT2D eigenvalue weighted by molar-refractivity contribution is 5.90. The molecule has 1 aromatic carbocycles. The fraction of sp³-hybridized carbons (Fsp3) is 0.286. The van der Waals surface area contributed by atoms with Gasteiger partial charge < -0.3 is 10.4 Å². The van der Waals surface area contributed by atoms with E-state index in [1.54, 1.807) is 12.1 Å². The third-order valence-electron chi connectivity index (χ3n) is 2.65. The summed E-state index contributed by atoms with van der Waals surface area (Å²) in [6.45, 7) is 4.47. The third-order valence-corrected chi connectivity index (χ3v) is 2.65. The molecule has 0 aliphatic carbocycles. The Morgan fingerprint density at radius 1 is 1.37 bits per heavy atom. The zero-order valence-corrected chi connectivity index (χ0v) is 10.6. The number of carboxylic acids is 1. The number of ketones is 1. The van der Waals surface area contributed by atoms with E-state index in [1.165, 1.54) is 0 Å². The Balaban J connectivity index is 2.78. The van der Waals surface area contributed by atoms with Crippen molar-refractivity contribution in [3.63, 3.8) is 0 Å². The Morgan fingerprint density at radius 3 is 2.42 bits per heavy atom. The Hall–Kier alpha value is -2.17. The molecular weight excluding hydrogens is 249 g/mol. The fourth-order valence-electron chi connectivity index (χ4n) is 1.56. The zero-order valence-electron chi connectivity index (χ0n) is 10.6. The number of alkyl halides is 1. The lowest BCUT2D eigenvalue weighted by Crippen LogP contribution is -2.38. The molecule has 1 aromatic rings. The minimum Gasteiger partial charge on any atom is -0.481 e. The van der Waals surface area contributed by atoms with E-state index in [2.05, 4.69) is 11.9 Å². The number of hydrogen-bond acceptors (Lipinski definition) is 3. The van der Waals surface area contributed by atoms with Gasteiger partial charge in [0.1, 0.15) is 6.67 Å². The van der Waals surface area contributed by atoms with Crippen molar-refractivity contribution in [2.24, 2.45) is 0 Å². The smallest absolute Gasteiger partial charge is 0.305 e. The first-order valence-corrected chi connectivity index (χ1v) is 5.77. The third kappa shape index (κ3) is 4.54. The van der Waals surface area contributed by atoms with Crippen molar-refractivity contribution in [1.29, 1.82) is 0 Å². The molecule has 5 heteroatoms. The average molecular weight is 265 g/mol. The van der Waals surface area contributed by atoms with Crippen LogP contribution < -0.4 is 5.32 Å². The zero-order chi connectivity index (χ0) is 14.4. The van der Waals surface area contributed by atoms with Gasteiger partial charge in [-0.3, -0.25) is 9.59 Å². The molecular formula is C14H16FNO3. The first kappa shape index (κ1) is 14.9. The number of carboxylic acid groups (broad SMARTS) is 1. The quantitative estimate of drug-likeness (QED) is 0.790. The van der Waals surface area contributed by atoms with E-state index < -0.39 is 30.9 Å². The maximum absolute atomic E-state index is 12.4. The van der Waals surface area contributed by atoms with Gasteiger partial charge in [-0.25, -0.2) is 4.39 Å². The minimum absolute atomic E-state index is 0.396. The van der Waals surface area contributed by atoms with Gasteiger partial charge in [0, 0.05) is 5.70 Å². The lowest BCUT2D eigenvalue weighted by Gasteiger charge is -2.17. The summed E-state index contributed by atoms with van der Waals surface area (Å²) < 4.78 is 12.4. The molecule has 0 fully saturated rings. The normalized spacial score (nSPS) is 11.7. The molecule has 1 rings (SSSR count). The Labute approximate surface area is 110 Å². The lowest BCUT2D eigenvalue weighted by molar-refractivity contribution is -0.139. The Bertz CT molecular complexity index is 482. The second kappa shape index (κ2) is 6.68. The van der Waals surface area contributed by atoms with Gasteiger partial charge >= 0.3 is 5.97 Å². The summed E-state index contributed by atoms with van der Waals surface area (Å²) in [7, 11) is 0. The molecule has 1 unspecified atom stereocenters. The molecule has 0 bridgehead atoms. The van der Waals surface area contributed by atoms with Crippen LogP contribution in [0.3, 0.4) is 0 Å². The van der Waals surface area contributed by atoms with Crippen molar-refractivity contribution in [3.8, 4) is 0 Å². The molecule has 0 spiro atoms. The van der Waals surface area contributed by atoms with Gasteiger partial charge in [0.15, 0.2) is 5.78 Å². The summed E-state index contributed by atoms with van der Waals surface area (Å²) in [6.07, 6.45) is -0.479. The topological polar surface area (TPSA) is 66.4 Å². The molecule has 4 nitrogen and oxygen atoms in total. The van der Waals surface area contributed by atoms with Gasteiger partial charge in [-0.2, -0.15) is 0 Å². The molecule has 0 aromatic heterocycles. The summed E-state index contributed by atoms with van der Waals surface area (Å²) in [6, 6.07) is 6.22. The van der Waals surface area contributed by atoms with Crippen LogP contribution in [0.2, 0.25) is 0 Å². The number of aliphatic carboxylic acids is 1. The van der Waals surface area contributed by atoms with Crippen molar-refractivity contribution < 1.29 is 19.1 Å². The molecule has 2 N–H and O–H groups in total. The second-order valence-corrected chi connectivity index (χ2v) is 4.24. The number of carbonyl (C=O) groups excluding carboxylic acids is 1. The van der Waals surface area contributed by atoms with Crippen LogP contribution in [0.4, 0.5) is 4.39 Å². The van der Waals surface area contributed by atoms with E-state index in [0.29, 0.717) is 5.70 Å². The van der Waals surface area contributed by atoms with Crippen LogP contribution in [0.5, 0.6) is 0 Å². The number of halogens is 1. The van der Waals surface area contributed by atoms with Crippen LogP contribution in [0.15, 0.2) is 30.8 Å². The maximum atomic E-state index is 12.4.